The molecule has 1 N–H and O–H groups in total. The minimum atomic E-state index is 0.252. The van der Waals surface area contributed by atoms with Crippen LogP contribution in [0.3, 0.4) is 0 Å². The second kappa shape index (κ2) is 5.53. The molecule has 1 aromatic carbocycles. The minimum absolute atomic E-state index is 0.252. The lowest BCUT2D eigenvalue weighted by Crippen LogP contribution is -2.06. The van der Waals surface area contributed by atoms with Gasteiger partial charge in [-0.1, -0.05) is 0 Å². The highest BCUT2D eigenvalue weighted by atomic mass is 32.2. The van der Waals surface area contributed by atoms with Crippen molar-refractivity contribution in [3.63, 3.8) is 0 Å². The Morgan fingerprint density at radius 2 is 1.83 bits per heavy atom. The lowest BCUT2D eigenvalue weighted by atomic mass is 10.1. The average molecular weight is 261 g/mol. The molecule has 0 aliphatic carbocycles. The number of hydrogen-bond donors (Lipinski definition) is 1. The lowest BCUT2D eigenvalue weighted by molar-refractivity contribution is 0.500. The molecule has 0 aliphatic heterocycles. The first-order valence-electron chi connectivity index (χ1n) is 6.07. The smallest absolute Gasteiger partial charge is 0.106 e. The van der Waals surface area contributed by atoms with E-state index in [0.717, 1.165) is 17.2 Å². The van der Waals surface area contributed by atoms with Gasteiger partial charge in [-0.05, 0) is 57.4 Å². The summed E-state index contributed by atoms with van der Waals surface area (Å²) >= 11 is 1.76. The SMILES string of the molecule is CSc1ccc(NC(C)c2cc(C)oc2C)cc1. The highest BCUT2D eigenvalue weighted by Crippen LogP contribution is 2.25. The summed E-state index contributed by atoms with van der Waals surface area (Å²) in [6.07, 6.45) is 2.09. The van der Waals surface area contributed by atoms with Crippen molar-refractivity contribution in [2.75, 3.05) is 11.6 Å². The number of furan rings is 1. The fourth-order valence-electron chi connectivity index (χ4n) is 2.10. The Morgan fingerprint density at radius 1 is 1.17 bits per heavy atom. The summed E-state index contributed by atoms with van der Waals surface area (Å²) in [6, 6.07) is 10.8. The second-order valence-corrected chi connectivity index (χ2v) is 5.34. The van der Waals surface area contributed by atoms with E-state index in [4.69, 9.17) is 4.42 Å². The van der Waals surface area contributed by atoms with Crippen molar-refractivity contribution in [2.24, 2.45) is 0 Å². The molecule has 0 bridgehead atoms. The monoisotopic (exact) mass is 261 g/mol. The van der Waals surface area contributed by atoms with Crippen molar-refractivity contribution in [2.45, 2.75) is 31.7 Å². The van der Waals surface area contributed by atoms with E-state index in [9.17, 15) is 0 Å². The van der Waals surface area contributed by atoms with E-state index in [1.807, 2.05) is 13.8 Å². The molecule has 18 heavy (non-hydrogen) atoms. The summed E-state index contributed by atoms with van der Waals surface area (Å²) in [5.41, 5.74) is 2.36. The summed E-state index contributed by atoms with van der Waals surface area (Å²) in [6.45, 7) is 6.15. The number of benzene rings is 1. The highest BCUT2D eigenvalue weighted by molar-refractivity contribution is 7.98. The van der Waals surface area contributed by atoms with Crippen LogP contribution in [0.25, 0.3) is 0 Å². The molecule has 1 heterocycles. The second-order valence-electron chi connectivity index (χ2n) is 4.46. The Labute approximate surface area is 113 Å². The van der Waals surface area contributed by atoms with Crippen LogP contribution in [0, 0.1) is 13.8 Å². The number of rotatable bonds is 4. The third kappa shape index (κ3) is 2.91. The van der Waals surface area contributed by atoms with Crippen LogP contribution >= 0.6 is 11.8 Å². The summed E-state index contributed by atoms with van der Waals surface area (Å²) in [5, 5.41) is 3.49. The van der Waals surface area contributed by atoms with Gasteiger partial charge in [0, 0.05) is 16.1 Å². The van der Waals surface area contributed by atoms with Crippen LogP contribution in [-0.4, -0.2) is 6.26 Å². The standard InChI is InChI=1S/C15H19NOS/c1-10-9-15(12(3)17-10)11(2)16-13-5-7-14(18-4)8-6-13/h5-9,11,16H,1-4H3. The fourth-order valence-corrected chi connectivity index (χ4v) is 2.50. The molecule has 96 valence electrons. The number of thioether (sulfide) groups is 1. The molecule has 0 saturated heterocycles. The maximum atomic E-state index is 5.57. The Morgan fingerprint density at radius 3 is 2.33 bits per heavy atom. The Kier molecular flexibility index (Phi) is 4.02. The van der Waals surface area contributed by atoms with E-state index in [-0.39, 0.29) is 6.04 Å². The van der Waals surface area contributed by atoms with E-state index in [2.05, 4.69) is 48.8 Å². The van der Waals surface area contributed by atoms with E-state index in [1.54, 1.807) is 11.8 Å². The van der Waals surface area contributed by atoms with Crippen molar-refractivity contribution in [3.05, 3.63) is 47.4 Å². The molecule has 2 aromatic rings. The predicted octanol–water partition coefficient (Wildman–Crippen LogP) is 4.79. The predicted molar refractivity (Wildman–Crippen MR) is 78.4 cm³/mol. The molecular weight excluding hydrogens is 242 g/mol. The largest absolute Gasteiger partial charge is 0.466 e. The van der Waals surface area contributed by atoms with E-state index in [1.165, 1.54) is 10.5 Å². The maximum absolute atomic E-state index is 5.57. The molecule has 1 aromatic heterocycles. The first kappa shape index (κ1) is 13.1. The van der Waals surface area contributed by atoms with Crippen LogP contribution in [0.1, 0.15) is 30.0 Å². The molecule has 1 unspecified atom stereocenters. The summed E-state index contributed by atoms with van der Waals surface area (Å²) in [4.78, 5) is 1.28. The summed E-state index contributed by atoms with van der Waals surface area (Å²) < 4.78 is 5.57. The Balaban J connectivity index is 2.10. The van der Waals surface area contributed by atoms with Gasteiger partial charge in [-0.25, -0.2) is 0 Å². The molecule has 0 fully saturated rings. The topological polar surface area (TPSA) is 25.2 Å². The van der Waals surface area contributed by atoms with Crippen LogP contribution in [0.5, 0.6) is 0 Å². The lowest BCUT2D eigenvalue weighted by Gasteiger charge is -2.14. The minimum Gasteiger partial charge on any atom is -0.466 e. The normalized spacial score (nSPS) is 12.4. The molecular formula is C15H19NOS. The number of nitrogens with one attached hydrogen (secondary N) is 1. The van der Waals surface area contributed by atoms with Gasteiger partial charge >= 0.3 is 0 Å². The van der Waals surface area contributed by atoms with E-state index in [0.29, 0.717) is 0 Å². The number of hydrogen-bond acceptors (Lipinski definition) is 3. The molecule has 0 amide bonds. The first-order chi connectivity index (χ1) is 8.60. The molecule has 0 spiro atoms. The van der Waals surface area contributed by atoms with Gasteiger partial charge in [0.2, 0.25) is 0 Å². The summed E-state index contributed by atoms with van der Waals surface area (Å²) in [5.74, 6) is 1.96. The summed E-state index contributed by atoms with van der Waals surface area (Å²) in [7, 11) is 0. The van der Waals surface area contributed by atoms with Crippen molar-refractivity contribution in [1.29, 1.82) is 0 Å². The van der Waals surface area contributed by atoms with Gasteiger partial charge < -0.3 is 9.73 Å². The molecule has 1 atom stereocenters. The van der Waals surface area contributed by atoms with Crippen molar-refractivity contribution in [1.82, 2.24) is 0 Å². The third-order valence-electron chi connectivity index (χ3n) is 3.02. The molecule has 0 radical (unpaired) electrons. The van der Waals surface area contributed by atoms with Crippen LogP contribution in [0.4, 0.5) is 5.69 Å². The quantitative estimate of drug-likeness (QED) is 0.801. The Bertz CT molecular complexity index is 516. The van der Waals surface area contributed by atoms with Crippen molar-refractivity contribution >= 4 is 17.4 Å². The van der Waals surface area contributed by atoms with Gasteiger partial charge in [-0.2, -0.15) is 0 Å². The van der Waals surface area contributed by atoms with Crippen LogP contribution < -0.4 is 5.32 Å². The van der Waals surface area contributed by atoms with Gasteiger partial charge in [0.05, 0.1) is 6.04 Å². The van der Waals surface area contributed by atoms with Crippen molar-refractivity contribution < 1.29 is 4.42 Å². The van der Waals surface area contributed by atoms with Crippen LogP contribution in [0.2, 0.25) is 0 Å². The third-order valence-corrected chi connectivity index (χ3v) is 3.76. The highest BCUT2D eigenvalue weighted by Gasteiger charge is 2.12. The zero-order valence-electron chi connectivity index (χ0n) is 11.3. The first-order valence-corrected chi connectivity index (χ1v) is 7.30. The Hall–Kier alpha value is -1.35. The average Bonchev–Trinajstić information content (AvgIpc) is 2.69. The number of aryl methyl sites for hydroxylation is 2. The van der Waals surface area contributed by atoms with Gasteiger partial charge in [0.15, 0.2) is 0 Å². The zero-order valence-corrected chi connectivity index (χ0v) is 12.1. The number of anilines is 1. The van der Waals surface area contributed by atoms with Gasteiger partial charge in [0.25, 0.3) is 0 Å². The van der Waals surface area contributed by atoms with Crippen LogP contribution in [-0.2, 0) is 0 Å². The van der Waals surface area contributed by atoms with Gasteiger partial charge in [-0.15, -0.1) is 11.8 Å². The van der Waals surface area contributed by atoms with Crippen molar-refractivity contribution in [3.8, 4) is 0 Å². The van der Waals surface area contributed by atoms with Gasteiger partial charge in [-0.3, -0.25) is 0 Å². The molecule has 3 heteroatoms. The fraction of sp³-hybridized carbons (Fsp3) is 0.333. The van der Waals surface area contributed by atoms with Crippen LogP contribution in [0.15, 0.2) is 39.6 Å². The van der Waals surface area contributed by atoms with E-state index >= 15 is 0 Å². The van der Waals surface area contributed by atoms with Gasteiger partial charge in [0.1, 0.15) is 11.5 Å². The maximum Gasteiger partial charge on any atom is 0.106 e. The van der Waals surface area contributed by atoms with E-state index < -0.39 is 0 Å². The molecule has 2 rings (SSSR count). The molecule has 0 aliphatic rings. The molecule has 2 nitrogen and oxygen atoms in total. The molecule has 0 saturated carbocycles. The zero-order chi connectivity index (χ0) is 13.1.